The van der Waals surface area contributed by atoms with Gasteiger partial charge in [-0.2, -0.15) is 5.26 Å². The van der Waals surface area contributed by atoms with Gasteiger partial charge in [-0.15, -0.1) is 11.3 Å². The molecule has 0 spiro atoms. The number of fused-ring (bicyclic) bond motifs is 1. The summed E-state index contributed by atoms with van der Waals surface area (Å²) in [6, 6.07) is 2.37. The Morgan fingerprint density at radius 2 is 2.25 bits per heavy atom. The second-order valence-electron chi connectivity index (χ2n) is 6.27. The van der Waals surface area contributed by atoms with Crippen molar-refractivity contribution in [3.05, 3.63) is 16.0 Å². The van der Waals surface area contributed by atoms with Gasteiger partial charge in [0.2, 0.25) is 0 Å². The first-order valence-corrected chi connectivity index (χ1v) is 7.93. The fourth-order valence-corrected chi connectivity index (χ4v) is 4.83. The zero-order valence-electron chi connectivity index (χ0n) is 11.4. The van der Waals surface area contributed by atoms with Crippen LogP contribution in [0.2, 0.25) is 0 Å². The van der Waals surface area contributed by atoms with E-state index < -0.39 is 5.91 Å². The number of nitrogen functional groups attached to an aromatic ring is 1. The lowest BCUT2D eigenvalue weighted by atomic mass is 9.68. The third kappa shape index (κ3) is 2.29. The van der Waals surface area contributed by atoms with E-state index in [1.54, 1.807) is 0 Å². The van der Waals surface area contributed by atoms with Crippen molar-refractivity contribution in [2.75, 3.05) is 5.73 Å². The second kappa shape index (κ2) is 4.78. The van der Waals surface area contributed by atoms with Gasteiger partial charge in [0.05, 0.1) is 16.6 Å². The SMILES string of the molecule is N#CCC1(CC2CC2)CCc2c(sc(N)c2C(N)=O)C1. The number of carbonyl (C=O) groups excluding carboxylic acids is 1. The molecule has 0 bridgehead atoms. The number of nitrogens with zero attached hydrogens (tertiary/aromatic N) is 1. The smallest absolute Gasteiger partial charge is 0.251 e. The van der Waals surface area contributed by atoms with Crippen molar-refractivity contribution in [3.8, 4) is 6.07 Å². The van der Waals surface area contributed by atoms with E-state index in [0.29, 0.717) is 17.0 Å². The van der Waals surface area contributed by atoms with Crippen molar-refractivity contribution < 1.29 is 4.79 Å². The molecule has 1 amide bonds. The Hall–Kier alpha value is -1.54. The van der Waals surface area contributed by atoms with Crippen molar-refractivity contribution in [2.24, 2.45) is 17.1 Å². The van der Waals surface area contributed by atoms with Crippen LogP contribution in [0, 0.1) is 22.7 Å². The van der Waals surface area contributed by atoms with Crippen LogP contribution in [0.25, 0.3) is 0 Å². The molecule has 0 radical (unpaired) electrons. The van der Waals surface area contributed by atoms with Gasteiger partial charge in [0.1, 0.15) is 0 Å². The molecule has 4 N–H and O–H groups in total. The lowest BCUT2D eigenvalue weighted by molar-refractivity contribution is 0.0999. The first-order valence-electron chi connectivity index (χ1n) is 7.11. The van der Waals surface area contributed by atoms with Gasteiger partial charge in [0.15, 0.2) is 0 Å². The summed E-state index contributed by atoms with van der Waals surface area (Å²) in [6.07, 6.45) is 7.04. The number of primary amides is 1. The van der Waals surface area contributed by atoms with Gasteiger partial charge < -0.3 is 11.5 Å². The maximum absolute atomic E-state index is 11.5. The highest BCUT2D eigenvalue weighted by Crippen LogP contribution is 2.51. The number of hydrogen-bond donors (Lipinski definition) is 2. The lowest BCUT2D eigenvalue weighted by Crippen LogP contribution is -2.29. The minimum atomic E-state index is -0.421. The third-order valence-corrected chi connectivity index (χ3v) is 5.74. The Kier molecular flexibility index (Phi) is 3.21. The summed E-state index contributed by atoms with van der Waals surface area (Å²) in [5, 5.41) is 9.71. The number of nitriles is 1. The highest BCUT2D eigenvalue weighted by atomic mass is 32.1. The minimum absolute atomic E-state index is 0.0924. The molecule has 1 atom stereocenters. The van der Waals surface area contributed by atoms with Gasteiger partial charge in [-0.05, 0) is 42.6 Å². The Morgan fingerprint density at radius 1 is 1.50 bits per heavy atom. The van der Waals surface area contributed by atoms with Gasteiger partial charge in [-0.25, -0.2) is 0 Å². The summed E-state index contributed by atoms with van der Waals surface area (Å²) in [5.41, 5.74) is 13.1. The van der Waals surface area contributed by atoms with Crippen LogP contribution in [0.5, 0.6) is 0 Å². The van der Waals surface area contributed by atoms with E-state index in [1.165, 1.54) is 29.1 Å². The van der Waals surface area contributed by atoms with Crippen LogP contribution < -0.4 is 11.5 Å². The molecule has 0 aliphatic heterocycles. The van der Waals surface area contributed by atoms with E-state index in [9.17, 15) is 4.79 Å². The molecule has 1 saturated carbocycles. The standard InChI is InChI=1S/C15H19N3OS/c16-6-5-15(7-9-1-2-9)4-3-10-11(8-15)20-14(18)12(10)13(17)19/h9H,1-5,7-8,18H2,(H2,17,19). The molecule has 106 valence electrons. The molecule has 1 fully saturated rings. The number of nitrogens with two attached hydrogens (primary N) is 2. The first kappa shape index (κ1) is 13.4. The summed E-state index contributed by atoms with van der Waals surface area (Å²) >= 11 is 1.49. The summed E-state index contributed by atoms with van der Waals surface area (Å²) in [6.45, 7) is 0. The lowest BCUT2D eigenvalue weighted by Gasteiger charge is -2.35. The molecule has 20 heavy (non-hydrogen) atoms. The maximum atomic E-state index is 11.5. The summed E-state index contributed by atoms with van der Waals surface area (Å²) in [7, 11) is 0. The molecule has 1 aromatic rings. The normalized spacial score (nSPS) is 24.9. The number of hydrogen-bond acceptors (Lipinski definition) is 4. The van der Waals surface area contributed by atoms with Gasteiger partial charge in [0, 0.05) is 11.3 Å². The van der Waals surface area contributed by atoms with Gasteiger partial charge in [0.25, 0.3) is 5.91 Å². The highest BCUT2D eigenvalue weighted by Gasteiger charge is 2.41. The van der Waals surface area contributed by atoms with E-state index in [-0.39, 0.29) is 5.41 Å². The monoisotopic (exact) mass is 289 g/mol. The predicted octanol–water partition coefficient (Wildman–Crippen LogP) is 2.62. The molecule has 1 heterocycles. The van der Waals surface area contributed by atoms with E-state index in [4.69, 9.17) is 16.7 Å². The number of anilines is 1. The largest absolute Gasteiger partial charge is 0.390 e. The van der Waals surface area contributed by atoms with E-state index in [0.717, 1.165) is 37.2 Å². The minimum Gasteiger partial charge on any atom is -0.390 e. The van der Waals surface area contributed by atoms with Crippen LogP contribution in [0.4, 0.5) is 5.00 Å². The number of amides is 1. The van der Waals surface area contributed by atoms with Gasteiger partial charge >= 0.3 is 0 Å². The molecular formula is C15H19N3OS. The van der Waals surface area contributed by atoms with Crippen LogP contribution in [0.3, 0.4) is 0 Å². The van der Waals surface area contributed by atoms with E-state index >= 15 is 0 Å². The molecule has 3 rings (SSSR count). The Labute approximate surface area is 122 Å². The van der Waals surface area contributed by atoms with Crippen LogP contribution in [0.1, 0.15) is 52.9 Å². The fourth-order valence-electron chi connectivity index (χ4n) is 3.53. The summed E-state index contributed by atoms with van der Waals surface area (Å²) in [4.78, 5) is 12.7. The van der Waals surface area contributed by atoms with Crippen molar-refractivity contribution >= 4 is 22.2 Å². The Morgan fingerprint density at radius 3 is 2.85 bits per heavy atom. The average Bonchev–Trinajstić information content (AvgIpc) is 3.09. The molecule has 0 saturated heterocycles. The Bertz CT molecular complexity index is 597. The highest BCUT2D eigenvalue weighted by molar-refractivity contribution is 7.16. The summed E-state index contributed by atoms with van der Waals surface area (Å²) < 4.78 is 0. The van der Waals surface area contributed by atoms with Crippen molar-refractivity contribution in [2.45, 2.75) is 44.9 Å². The molecule has 1 unspecified atom stereocenters. The second-order valence-corrected chi connectivity index (χ2v) is 7.40. The molecular weight excluding hydrogens is 270 g/mol. The van der Waals surface area contributed by atoms with Crippen LogP contribution >= 0.6 is 11.3 Å². The molecule has 2 aliphatic carbocycles. The quantitative estimate of drug-likeness (QED) is 0.892. The van der Waals surface area contributed by atoms with Crippen LogP contribution in [-0.4, -0.2) is 5.91 Å². The number of carbonyl (C=O) groups is 1. The zero-order valence-corrected chi connectivity index (χ0v) is 12.3. The Balaban J connectivity index is 1.92. The van der Waals surface area contributed by atoms with E-state index in [2.05, 4.69) is 6.07 Å². The van der Waals surface area contributed by atoms with E-state index in [1.807, 2.05) is 0 Å². The molecule has 0 aromatic carbocycles. The van der Waals surface area contributed by atoms with Crippen LogP contribution in [0.15, 0.2) is 0 Å². The molecule has 1 aromatic heterocycles. The van der Waals surface area contributed by atoms with Crippen molar-refractivity contribution in [1.29, 1.82) is 5.26 Å². The van der Waals surface area contributed by atoms with Gasteiger partial charge in [-0.3, -0.25) is 4.79 Å². The van der Waals surface area contributed by atoms with Crippen molar-refractivity contribution in [1.82, 2.24) is 0 Å². The molecule has 4 nitrogen and oxygen atoms in total. The predicted molar refractivity (Wildman–Crippen MR) is 79.3 cm³/mol. The first-order chi connectivity index (χ1) is 9.54. The van der Waals surface area contributed by atoms with Gasteiger partial charge in [-0.1, -0.05) is 12.8 Å². The molecule has 5 heteroatoms. The average molecular weight is 289 g/mol. The number of thiophene rings is 1. The van der Waals surface area contributed by atoms with Crippen molar-refractivity contribution in [3.63, 3.8) is 0 Å². The maximum Gasteiger partial charge on any atom is 0.251 e. The number of rotatable bonds is 4. The fraction of sp³-hybridized carbons (Fsp3) is 0.600. The van der Waals surface area contributed by atoms with Crippen LogP contribution in [-0.2, 0) is 12.8 Å². The summed E-state index contributed by atoms with van der Waals surface area (Å²) in [5.74, 6) is 0.382. The third-order valence-electron chi connectivity index (χ3n) is 4.68. The topological polar surface area (TPSA) is 92.9 Å². The zero-order chi connectivity index (χ0) is 14.3. The molecule has 2 aliphatic rings.